The lowest BCUT2D eigenvalue weighted by atomic mass is 10.2. The number of ether oxygens (including phenoxy) is 1. The maximum absolute atomic E-state index is 14.3. The standard InChI is InChI=1S/C18H17ClF3N3O3/c1-10-8-24(4-5-25(10)18(26)27)16-14(21)7-15(22)17(23-16)28-9-11-2-3-12(19)6-13(11)20/h2-3,6-7,10H,4-5,8-9H2,1H3,(H,26,27)/t10-/m0/s1. The minimum Gasteiger partial charge on any atom is -0.471 e. The highest BCUT2D eigenvalue weighted by Gasteiger charge is 2.30. The number of hydrogen-bond donors (Lipinski definition) is 1. The molecular weight excluding hydrogens is 399 g/mol. The molecule has 28 heavy (non-hydrogen) atoms. The SMILES string of the molecule is C[C@H]1CN(c2nc(OCc3ccc(Cl)cc3F)c(F)cc2F)CCN1C(=O)O. The Morgan fingerprint density at radius 2 is 2.00 bits per heavy atom. The van der Waals surface area contributed by atoms with E-state index in [4.69, 9.17) is 21.4 Å². The summed E-state index contributed by atoms with van der Waals surface area (Å²) in [5, 5.41) is 9.34. The van der Waals surface area contributed by atoms with Gasteiger partial charge in [0.25, 0.3) is 5.88 Å². The summed E-state index contributed by atoms with van der Waals surface area (Å²) in [6.07, 6.45) is -1.06. The lowest BCUT2D eigenvalue weighted by molar-refractivity contribution is 0.122. The van der Waals surface area contributed by atoms with E-state index in [9.17, 15) is 18.0 Å². The van der Waals surface area contributed by atoms with Gasteiger partial charge in [-0.15, -0.1) is 0 Å². The number of aromatic nitrogens is 1. The Hall–Kier alpha value is -2.68. The van der Waals surface area contributed by atoms with Gasteiger partial charge in [0.15, 0.2) is 17.5 Å². The van der Waals surface area contributed by atoms with Crippen molar-refractivity contribution in [3.05, 3.63) is 52.3 Å². The van der Waals surface area contributed by atoms with Crippen LogP contribution >= 0.6 is 11.6 Å². The molecule has 1 saturated heterocycles. The zero-order valence-corrected chi connectivity index (χ0v) is 15.6. The van der Waals surface area contributed by atoms with Gasteiger partial charge in [-0.05, 0) is 19.1 Å². The zero-order valence-electron chi connectivity index (χ0n) is 14.8. The van der Waals surface area contributed by atoms with E-state index in [1.165, 1.54) is 21.9 Å². The van der Waals surface area contributed by atoms with Gasteiger partial charge >= 0.3 is 6.09 Å². The number of halogens is 4. The molecule has 150 valence electrons. The van der Waals surface area contributed by atoms with Crippen molar-refractivity contribution < 1.29 is 27.8 Å². The summed E-state index contributed by atoms with van der Waals surface area (Å²) in [6, 6.07) is 4.21. The first-order valence-electron chi connectivity index (χ1n) is 8.43. The molecular formula is C18H17ClF3N3O3. The second-order valence-corrected chi connectivity index (χ2v) is 6.81. The first-order chi connectivity index (χ1) is 13.3. The minimum atomic E-state index is -1.06. The molecule has 0 saturated carbocycles. The van der Waals surface area contributed by atoms with Crippen LogP contribution in [0.3, 0.4) is 0 Å². The topological polar surface area (TPSA) is 65.9 Å². The summed E-state index contributed by atoms with van der Waals surface area (Å²) in [5.41, 5.74) is 0.139. The quantitative estimate of drug-likeness (QED) is 0.820. The van der Waals surface area contributed by atoms with Gasteiger partial charge in [0, 0.05) is 42.3 Å². The first-order valence-corrected chi connectivity index (χ1v) is 8.81. The van der Waals surface area contributed by atoms with E-state index in [-0.39, 0.29) is 42.6 Å². The van der Waals surface area contributed by atoms with Crippen LogP contribution in [0.1, 0.15) is 12.5 Å². The third-order valence-electron chi connectivity index (χ3n) is 4.43. The summed E-state index contributed by atoms with van der Waals surface area (Å²) >= 11 is 5.68. The van der Waals surface area contributed by atoms with Crippen LogP contribution in [0.5, 0.6) is 5.88 Å². The molecule has 0 unspecified atom stereocenters. The second kappa shape index (κ2) is 8.14. The largest absolute Gasteiger partial charge is 0.471 e. The molecule has 0 bridgehead atoms. The van der Waals surface area contributed by atoms with E-state index >= 15 is 0 Å². The van der Waals surface area contributed by atoms with Crippen LogP contribution in [-0.2, 0) is 6.61 Å². The molecule has 2 aromatic rings. The molecule has 1 atom stereocenters. The van der Waals surface area contributed by atoms with Gasteiger partial charge in [-0.2, -0.15) is 4.98 Å². The molecule has 1 aliphatic rings. The fourth-order valence-corrected chi connectivity index (χ4v) is 3.14. The summed E-state index contributed by atoms with van der Waals surface area (Å²) in [5.74, 6) is -3.15. The summed E-state index contributed by atoms with van der Waals surface area (Å²) in [6.45, 7) is 1.90. The van der Waals surface area contributed by atoms with Crippen molar-refractivity contribution in [2.24, 2.45) is 0 Å². The van der Waals surface area contributed by atoms with Crippen LogP contribution in [0.2, 0.25) is 5.02 Å². The van der Waals surface area contributed by atoms with Crippen molar-refractivity contribution in [3.8, 4) is 5.88 Å². The third-order valence-corrected chi connectivity index (χ3v) is 4.67. The van der Waals surface area contributed by atoms with Crippen LogP contribution < -0.4 is 9.64 Å². The van der Waals surface area contributed by atoms with Gasteiger partial charge in [-0.25, -0.2) is 18.0 Å². The van der Waals surface area contributed by atoms with Gasteiger partial charge in [0.05, 0.1) is 0 Å². The highest BCUT2D eigenvalue weighted by Crippen LogP contribution is 2.27. The molecule has 2 heterocycles. The van der Waals surface area contributed by atoms with Crippen molar-refractivity contribution in [1.82, 2.24) is 9.88 Å². The molecule has 0 radical (unpaired) electrons. The average Bonchev–Trinajstić information content (AvgIpc) is 2.62. The smallest absolute Gasteiger partial charge is 0.407 e. The Balaban J connectivity index is 1.78. The van der Waals surface area contributed by atoms with Crippen molar-refractivity contribution >= 4 is 23.5 Å². The molecule has 6 nitrogen and oxygen atoms in total. The Morgan fingerprint density at radius 1 is 1.25 bits per heavy atom. The summed E-state index contributed by atoms with van der Waals surface area (Å²) < 4.78 is 47.4. The van der Waals surface area contributed by atoms with Gasteiger partial charge in [-0.1, -0.05) is 17.7 Å². The van der Waals surface area contributed by atoms with Crippen LogP contribution in [0.15, 0.2) is 24.3 Å². The molecule has 1 aliphatic heterocycles. The zero-order chi connectivity index (χ0) is 20.4. The molecule has 1 N–H and O–H groups in total. The Bertz CT molecular complexity index is 900. The number of carboxylic acid groups (broad SMARTS) is 1. The number of anilines is 1. The van der Waals surface area contributed by atoms with Crippen molar-refractivity contribution in [2.45, 2.75) is 19.6 Å². The molecule has 0 spiro atoms. The fraction of sp³-hybridized carbons (Fsp3) is 0.333. The minimum absolute atomic E-state index is 0.139. The van der Waals surface area contributed by atoms with Gasteiger partial charge < -0.3 is 19.6 Å². The highest BCUT2D eigenvalue weighted by molar-refractivity contribution is 6.30. The molecule has 1 fully saturated rings. The highest BCUT2D eigenvalue weighted by atomic mass is 35.5. The molecule has 0 aliphatic carbocycles. The van der Waals surface area contributed by atoms with Crippen molar-refractivity contribution in [2.75, 3.05) is 24.5 Å². The Kier molecular flexibility index (Phi) is 5.83. The second-order valence-electron chi connectivity index (χ2n) is 6.38. The number of carbonyl (C=O) groups is 1. The Labute approximate surface area is 164 Å². The number of hydrogen-bond acceptors (Lipinski definition) is 4. The number of piperazine rings is 1. The van der Waals surface area contributed by atoms with Gasteiger partial charge in [-0.3, -0.25) is 0 Å². The van der Waals surface area contributed by atoms with Gasteiger partial charge in [0.2, 0.25) is 0 Å². The number of amides is 1. The molecule has 1 amide bonds. The maximum atomic E-state index is 14.3. The third kappa shape index (κ3) is 4.24. The number of benzene rings is 1. The number of rotatable bonds is 4. The number of pyridine rings is 1. The average molecular weight is 416 g/mol. The summed E-state index contributed by atoms with van der Waals surface area (Å²) in [7, 11) is 0. The van der Waals surface area contributed by atoms with Crippen molar-refractivity contribution in [1.29, 1.82) is 0 Å². The lowest BCUT2D eigenvalue weighted by Crippen LogP contribution is -2.54. The molecule has 3 rings (SSSR count). The van der Waals surface area contributed by atoms with Crippen molar-refractivity contribution in [3.63, 3.8) is 0 Å². The molecule has 1 aromatic carbocycles. The monoisotopic (exact) mass is 415 g/mol. The predicted molar refractivity (Wildman–Crippen MR) is 96.3 cm³/mol. The van der Waals surface area contributed by atoms with E-state index in [1.807, 2.05) is 0 Å². The first kappa shape index (κ1) is 20.1. The van der Waals surface area contributed by atoms with Gasteiger partial charge in [0.1, 0.15) is 12.4 Å². The maximum Gasteiger partial charge on any atom is 0.407 e. The van der Waals surface area contributed by atoms with E-state index < -0.39 is 35.5 Å². The fourth-order valence-electron chi connectivity index (χ4n) is 2.98. The lowest BCUT2D eigenvalue weighted by Gasteiger charge is -2.38. The van der Waals surface area contributed by atoms with E-state index in [1.54, 1.807) is 6.92 Å². The molecule has 10 heteroatoms. The van der Waals surface area contributed by atoms with E-state index in [0.717, 1.165) is 6.07 Å². The predicted octanol–water partition coefficient (Wildman–Crippen LogP) is 3.92. The van der Waals surface area contributed by atoms with Crippen LogP contribution in [0, 0.1) is 17.5 Å². The Morgan fingerprint density at radius 3 is 2.64 bits per heavy atom. The summed E-state index contributed by atoms with van der Waals surface area (Å²) in [4.78, 5) is 17.8. The number of nitrogens with zero attached hydrogens (tertiary/aromatic N) is 3. The van der Waals surface area contributed by atoms with E-state index in [2.05, 4.69) is 4.98 Å². The van der Waals surface area contributed by atoms with Crippen LogP contribution in [-0.4, -0.2) is 46.8 Å². The normalized spacial score (nSPS) is 17.0. The van der Waals surface area contributed by atoms with E-state index in [0.29, 0.717) is 6.07 Å². The van der Waals surface area contributed by atoms with Crippen LogP contribution in [0.4, 0.5) is 23.8 Å². The molecule has 1 aromatic heterocycles. The van der Waals surface area contributed by atoms with Crippen LogP contribution in [0.25, 0.3) is 0 Å².